The molecular weight excluding hydrogens is 482 g/mol. The van der Waals surface area contributed by atoms with Crippen molar-refractivity contribution in [3.63, 3.8) is 0 Å². The monoisotopic (exact) mass is 509 g/mol. The van der Waals surface area contributed by atoms with Crippen LogP contribution in [-0.4, -0.2) is 67.3 Å². The van der Waals surface area contributed by atoms with Crippen LogP contribution in [0.15, 0.2) is 30.3 Å². The summed E-state index contributed by atoms with van der Waals surface area (Å²) < 4.78 is -0.697. The molecule has 0 aromatic heterocycles. The van der Waals surface area contributed by atoms with E-state index < -0.39 is 28.7 Å². The number of hydrogen-bond donors (Lipinski definition) is 3. The van der Waals surface area contributed by atoms with Crippen molar-refractivity contribution >= 4 is 51.1 Å². The van der Waals surface area contributed by atoms with Crippen LogP contribution in [0.2, 0.25) is 0 Å². The zero-order valence-corrected chi connectivity index (χ0v) is 20.2. The van der Waals surface area contributed by atoms with E-state index in [2.05, 4.69) is 26.6 Å². The van der Waals surface area contributed by atoms with Gasteiger partial charge in [0, 0.05) is 21.8 Å². The molecule has 4 rings (SSSR count). The first-order valence-electron chi connectivity index (χ1n) is 10.6. The Hall–Kier alpha value is -1.58. The van der Waals surface area contributed by atoms with Crippen molar-refractivity contribution < 1.29 is 19.5 Å². The van der Waals surface area contributed by atoms with Gasteiger partial charge in [-0.2, -0.15) is 0 Å². The number of carbonyl (C=O) groups excluding carboxylic acids is 3. The molecule has 0 radical (unpaired) electrons. The van der Waals surface area contributed by atoms with Gasteiger partial charge in [0.15, 0.2) is 0 Å². The number of nitrogens with zero attached hydrogens (tertiary/aromatic N) is 1. The van der Waals surface area contributed by atoms with Gasteiger partial charge < -0.3 is 20.6 Å². The van der Waals surface area contributed by atoms with Crippen LogP contribution in [-0.2, 0) is 14.4 Å². The second kappa shape index (κ2) is 8.41. The molecule has 3 amide bonds. The summed E-state index contributed by atoms with van der Waals surface area (Å²) in [7, 11) is 0. The van der Waals surface area contributed by atoms with Gasteiger partial charge in [-0.15, -0.1) is 11.8 Å². The van der Waals surface area contributed by atoms with Crippen molar-refractivity contribution in [1.82, 2.24) is 10.2 Å². The number of nitrogens with one attached hydrogen (secondary N) is 2. The van der Waals surface area contributed by atoms with Gasteiger partial charge in [0.1, 0.15) is 6.04 Å². The first kappa shape index (κ1) is 22.6. The number of rotatable bonds is 6. The van der Waals surface area contributed by atoms with E-state index in [0.29, 0.717) is 12.1 Å². The highest BCUT2D eigenvalue weighted by atomic mass is 79.9. The van der Waals surface area contributed by atoms with Gasteiger partial charge >= 0.3 is 0 Å². The van der Waals surface area contributed by atoms with Gasteiger partial charge in [-0.1, -0.05) is 34.1 Å². The molecule has 0 saturated carbocycles. The van der Waals surface area contributed by atoms with Crippen molar-refractivity contribution in [2.45, 2.75) is 60.1 Å². The van der Waals surface area contributed by atoms with Gasteiger partial charge in [0.25, 0.3) is 0 Å². The molecule has 1 aromatic rings. The van der Waals surface area contributed by atoms with Crippen LogP contribution < -0.4 is 10.6 Å². The standard InChI is InChI=1S/C22H28BrN3O4S/c1-11(2)24-20(29)18-22-9-14(23)17(31-22)15(16(22)21(30)26(18)12(3)10-27)19(28)25-13-7-5-4-6-8-13/h4-8,11-12,14-18,27H,9-10H2,1-3H3,(H,24,29)(H,25,28)/t12-,14?,15+,16+,17+,18?,22?/m1/s1. The number of hydrogen-bond acceptors (Lipinski definition) is 5. The number of benzene rings is 1. The average Bonchev–Trinajstić information content (AvgIpc) is 3.31. The first-order valence-corrected chi connectivity index (χ1v) is 12.4. The van der Waals surface area contributed by atoms with Gasteiger partial charge in [0.05, 0.1) is 29.2 Å². The van der Waals surface area contributed by atoms with E-state index in [4.69, 9.17) is 0 Å². The summed E-state index contributed by atoms with van der Waals surface area (Å²) in [4.78, 5) is 41.9. The Labute approximate surface area is 194 Å². The number of fused-ring (bicyclic) bond motifs is 1. The molecule has 3 heterocycles. The van der Waals surface area contributed by atoms with E-state index in [-0.39, 0.29) is 40.4 Å². The lowest BCUT2D eigenvalue weighted by atomic mass is 9.70. The fourth-order valence-corrected chi connectivity index (χ4v) is 8.94. The van der Waals surface area contributed by atoms with Crippen molar-refractivity contribution in [3.05, 3.63) is 30.3 Å². The van der Waals surface area contributed by atoms with Gasteiger partial charge in [0.2, 0.25) is 17.7 Å². The van der Waals surface area contributed by atoms with Crippen LogP contribution in [0.4, 0.5) is 5.69 Å². The summed E-state index contributed by atoms with van der Waals surface area (Å²) in [5.74, 6) is -1.79. The van der Waals surface area contributed by atoms with E-state index in [0.717, 1.165) is 0 Å². The molecule has 9 heteroatoms. The Balaban J connectivity index is 1.72. The molecule has 3 unspecified atom stereocenters. The SMILES string of the molecule is CC(C)NC(=O)C1N([C@H](C)CO)C(=O)[C@@H]2[C@H](C(=O)Nc3ccccc3)[C@H]3SC12CC3Br. The highest BCUT2D eigenvalue weighted by molar-refractivity contribution is 9.09. The molecule has 1 spiro atoms. The van der Waals surface area contributed by atoms with Crippen LogP contribution >= 0.6 is 27.7 Å². The lowest BCUT2D eigenvalue weighted by molar-refractivity contribution is -0.141. The third kappa shape index (κ3) is 3.58. The van der Waals surface area contributed by atoms with Crippen molar-refractivity contribution in [1.29, 1.82) is 0 Å². The molecule has 3 N–H and O–H groups in total. The number of para-hydroxylation sites is 1. The number of likely N-dealkylation sites (tertiary alicyclic amines) is 1. The third-order valence-electron chi connectivity index (χ3n) is 6.49. The number of amides is 3. The molecule has 2 bridgehead atoms. The minimum absolute atomic E-state index is 0.0202. The number of aliphatic hydroxyl groups excluding tert-OH is 1. The normalized spacial score (nSPS) is 34.7. The number of halogens is 1. The first-order chi connectivity index (χ1) is 14.7. The number of alkyl halides is 1. The van der Waals surface area contributed by atoms with E-state index >= 15 is 0 Å². The second-order valence-corrected chi connectivity index (χ2v) is 11.7. The summed E-state index contributed by atoms with van der Waals surface area (Å²) in [6.07, 6.45) is 0.624. The van der Waals surface area contributed by atoms with Crippen LogP contribution in [0.5, 0.6) is 0 Å². The maximum absolute atomic E-state index is 13.7. The number of aliphatic hydroxyl groups is 1. The molecule has 7 nitrogen and oxygen atoms in total. The zero-order valence-electron chi connectivity index (χ0n) is 17.7. The third-order valence-corrected chi connectivity index (χ3v) is 9.71. The highest BCUT2D eigenvalue weighted by Crippen LogP contribution is 2.68. The molecule has 3 fully saturated rings. The smallest absolute Gasteiger partial charge is 0.244 e. The lowest BCUT2D eigenvalue weighted by Crippen LogP contribution is -2.57. The number of anilines is 1. The maximum Gasteiger partial charge on any atom is 0.244 e. The van der Waals surface area contributed by atoms with Crippen LogP contribution in [0.1, 0.15) is 27.2 Å². The van der Waals surface area contributed by atoms with Crippen molar-refractivity contribution in [3.8, 4) is 0 Å². The Morgan fingerprint density at radius 1 is 1.26 bits per heavy atom. The Kier molecular flexibility index (Phi) is 6.13. The van der Waals surface area contributed by atoms with Crippen LogP contribution in [0, 0.1) is 11.8 Å². The molecule has 31 heavy (non-hydrogen) atoms. The topological polar surface area (TPSA) is 98.7 Å². The summed E-state index contributed by atoms with van der Waals surface area (Å²) in [5, 5.41) is 15.6. The highest BCUT2D eigenvalue weighted by Gasteiger charge is 2.76. The summed E-state index contributed by atoms with van der Waals surface area (Å²) >= 11 is 5.32. The van der Waals surface area contributed by atoms with E-state index in [1.54, 1.807) is 18.7 Å². The summed E-state index contributed by atoms with van der Waals surface area (Å²) in [6, 6.07) is 7.88. The van der Waals surface area contributed by atoms with E-state index in [9.17, 15) is 19.5 Å². The Bertz CT molecular complexity index is 885. The second-order valence-electron chi connectivity index (χ2n) is 8.96. The minimum atomic E-state index is -0.723. The average molecular weight is 510 g/mol. The van der Waals surface area contributed by atoms with Crippen molar-refractivity contribution in [2.75, 3.05) is 11.9 Å². The Morgan fingerprint density at radius 2 is 1.94 bits per heavy atom. The lowest BCUT2D eigenvalue weighted by Gasteiger charge is -2.37. The molecule has 3 saturated heterocycles. The molecule has 3 aliphatic rings. The predicted octanol–water partition coefficient (Wildman–Crippen LogP) is 2.00. The molecule has 7 atom stereocenters. The summed E-state index contributed by atoms with van der Waals surface area (Å²) in [5.41, 5.74) is 0.681. The van der Waals surface area contributed by atoms with E-state index in [1.165, 1.54) is 4.90 Å². The van der Waals surface area contributed by atoms with Gasteiger partial charge in [-0.05, 0) is 39.3 Å². The minimum Gasteiger partial charge on any atom is -0.394 e. The molecule has 0 aliphatic carbocycles. The fourth-order valence-electron chi connectivity index (χ4n) is 5.34. The molecule has 1 aromatic carbocycles. The fraction of sp³-hybridized carbons (Fsp3) is 0.591. The molecule has 3 aliphatic heterocycles. The quantitative estimate of drug-likeness (QED) is 0.509. The molecular formula is C22H28BrN3O4S. The maximum atomic E-state index is 13.7. The Morgan fingerprint density at radius 3 is 2.55 bits per heavy atom. The van der Waals surface area contributed by atoms with Gasteiger partial charge in [-0.25, -0.2) is 0 Å². The number of carbonyl (C=O) groups is 3. The zero-order chi connectivity index (χ0) is 22.5. The van der Waals surface area contributed by atoms with Crippen LogP contribution in [0.3, 0.4) is 0 Å². The number of thioether (sulfide) groups is 1. The van der Waals surface area contributed by atoms with Crippen molar-refractivity contribution in [2.24, 2.45) is 11.8 Å². The molecule has 168 valence electrons. The largest absolute Gasteiger partial charge is 0.394 e. The predicted molar refractivity (Wildman–Crippen MR) is 124 cm³/mol. The van der Waals surface area contributed by atoms with Gasteiger partial charge in [-0.3, -0.25) is 14.4 Å². The summed E-state index contributed by atoms with van der Waals surface area (Å²) in [6.45, 7) is 5.26. The van der Waals surface area contributed by atoms with E-state index in [1.807, 2.05) is 44.2 Å². The van der Waals surface area contributed by atoms with Crippen LogP contribution in [0.25, 0.3) is 0 Å².